The molecule has 5 atom stereocenters. The molecule has 4 aromatic rings. The van der Waals surface area contributed by atoms with Gasteiger partial charge in [0.1, 0.15) is 24.1 Å². The number of ether oxygens (including phenoxy) is 5. The molecule has 1 fully saturated rings. The van der Waals surface area contributed by atoms with Gasteiger partial charge in [-0.2, -0.15) is 0 Å². The number of aliphatic hydroxyl groups is 1. The van der Waals surface area contributed by atoms with Crippen LogP contribution in [0.15, 0.2) is 115 Å². The highest BCUT2D eigenvalue weighted by Crippen LogP contribution is 2.38. The van der Waals surface area contributed by atoms with Crippen LogP contribution in [0.25, 0.3) is 0 Å². The van der Waals surface area contributed by atoms with Crippen LogP contribution in [-0.4, -0.2) is 63.8 Å². The second-order valence-electron chi connectivity index (χ2n) is 13.0. The average Bonchev–Trinajstić information content (AvgIpc) is 3.09. The summed E-state index contributed by atoms with van der Waals surface area (Å²) in [5.41, 5.74) is 1.79. The molecular formula is C39H46O8Si. The second-order valence-corrected chi connectivity index (χ2v) is 17.3. The second kappa shape index (κ2) is 16.0. The SMILES string of the molecule is COc1ccc(CO[C@@H]2C(O)O[C@@H](CO[Si](c3ccccc3)(c3ccccc3)C(C)(C)C)[C@H](OC(C)=O)[C@H]2OCc2ccccc2)cc1. The maximum atomic E-state index is 12.6. The fourth-order valence-corrected chi connectivity index (χ4v) is 10.9. The Labute approximate surface area is 284 Å². The summed E-state index contributed by atoms with van der Waals surface area (Å²) in [5.74, 6) is 0.222. The lowest BCUT2D eigenvalue weighted by Crippen LogP contribution is -2.68. The molecule has 0 radical (unpaired) electrons. The Morgan fingerprint density at radius 3 is 1.73 bits per heavy atom. The zero-order chi connectivity index (χ0) is 34.1. The van der Waals surface area contributed by atoms with E-state index in [-0.39, 0.29) is 24.9 Å². The van der Waals surface area contributed by atoms with Gasteiger partial charge in [0, 0.05) is 6.92 Å². The van der Waals surface area contributed by atoms with Gasteiger partial charge >= 0.3 is 5.97 Å². The molecule has 0 saturated carbocycles. The van der Waals surface area contributed by atoms with Crippen molar-refractivity contribution in [3.63, 3.8) is 0 Å². The smallest absolute Gasteiger partial charge is 0.303 e. The van der Waals surface area contributed by atoms with E-state index in [0.29, 0.717) is 0 Å². The minimum absolute atomic E-state index is 0.0404. The third-order valence-corrected chi connectivity index (χ3v) is 13.7. The van der Waals surface area contributed by atoms with Gasteiger partial charge in [-0.1, -0.05) is 124 Å². The van der Waals surface area contributed by atoms with Gasteiger partial charge < -0.3 is 33.2 Å². The van der Waals surface area contributed by atoms with E-state index in [0.717, 1.165) is 27.2 Å². The molecule has 1 aliphatic rings. The van der Waals surface area contributed by atoms with Crippen LogP contribution < -0.4 is 15.1 Å². The number of esters is 1. The first kappa shape index (κ1) is 35.5. The topological polar surface area (TPSA) is 92.7 Å². The van der Waals surface area contributed by atoms with Crippen molar-refractivity contribution in [2.24, 2.45) is 0 Å². The molecule has 0 spiro atoms. The molecule has 1 unspecified atom stereocenters. The van der Waals surface area contributed by atoms with Gasteiger partial charge in [-0.25, -0.2) is 0 Å². The molecule has 1 N–H and O–H groups in total. The summed E-state index contributed by atoms with van der Waals surface area (Å²) in [6.07, 6.45) is -5.02. The molecule has 254 valence electrons. The Balaban J connectivity index is 1.48. The Kier molecular flexibility index (Phi) is 11.9. The highest BCUT2D eigenvalue weighted by molar-refractivity contribution is 6.99. The van der Waals surface area contributed by atoms with E-state index in [1.165, 1.54) is 6.92 Å². The molecule has 9 heteroatoms. The molecule has 0 bridgehead atoms. The number of benzene rings is 4. The monoisotopic (exact) mass is 670 g/mol. The van der Waals surface area contributed by atoms with Crippen molar-refractivity contribution in [1.82, 2.24) is 0 Å². The lowest BCUT2D eigenvalue weighted by atomic mass is 9.98. The summed E-state index contributed by atoms with van der Waals surface area (Å²) in [6.45, 7) is 8.33. The van der Waals surface area contributed by atoms with Gasteiger partial charge in [0.15, 0.2) is 12.4 Å². The molecular weight excluding hydrogens is 625 g/mol. The van der Waals surface area contributed by atoms with Gasteiger partial charge in [0.25, 0.3) is 8.32 Å². The number of hydrogen-bond acceptors (Lipinski definition) is 8. The van der Waals surface area contributed by atoms with Crippen molar-refractivity contribution in [2.45, 2.75) is 76.7 Å². The summed E-state index contributed by atoms with van der Waals surface area (Å²) in [4.78, 5) is 12.6. The van der Waals surface area contributed by atoms with E-state index in [2.05, 4.69) is 45.0 Å². The summed E-state index contributed by atoms with van der Waals surface area (Å²) in [6, 6.07) is 37.7. The van der Waals surface area contributed by atoms with E-state index in [9.17, 15) is 9.90 Å². The summed E-state index contributed by atoms with van der Waals surface area (Å²) in [5, 5.41) is 13.4. The Hall–Kier alpha value is -3.83. The number of hydrogen-bond donors (Lipinski definition) is 1. The third kappa shape index (κ3) is 8.23. The number of carbonyl (C=O) groups excluding carboxylic acids is 1. The van der Waals surface area contributed by atoms with Crippen LogP contribution in [0.4, 0.5) is 0 Å². The maximum Gasteiger partial charge on any atom is 0.303 e. The highest BCUT2D eigenvalue weighted by Gasteiger charge is 2.53. The van der Waals surface area contributed by atoms with Gasteiger partial charge in [-0.3, -0.25) is 4.79 Å². The average molecular weight is 671 g/mol. The minimum atomic E-state index is -2.99. The van der Waals surface area contributed by atoms with Crippen LogP contribution >= 0.6 is 0 Å². The van der Waals surface area contributed by atoms with Crippen LogP contribution in [0.1, 0.15) is 38.8 Å². The van der Waals surface area contributed by atoms with Gasteiger partial charge in [0.05, 0.1) is 26.9 Å². The zero-order valence-electron chi connectivity index (χ0n) is 28.3. The van der Waals surface area contributed by atoms with Crippen molar-refractivity contribution < 1.29 is 38.0 Å². The molecule has 1 aliphatic heterocycles. The van der Waals surface area contributed by atoms with E-state index in [4.69, 9.17) is 28.1 Å². The molecule has 1 saturated heterocycles. The van der Waals surface area contributed by atoms with Crippen molar-refractivity contribution >= 4 is 24.7 Å². The fourth-order valence-electron chi connectivity index (χ4n) is 6.38. The highest BCUT2D eigenvalue weighted by atomic mass is 28.4. The van der Waals surface area contributed by atoms with E-state index < -0.39 is 45.0 Å². The van der Waals surface area contributed by atoms with E-state index in [1.807, 2.05) is 91.0 Å². The molecule has 1 heterocycles. The molecule has 4 aromatic carbocycles. The lowest BCUT2D eigenvalue weighted by molar-refractivity contribution is -0.308. The summed E-state index contributed by atoms with van der Waals surface area (Å²) < 4.78 is 37.4. The zero-order valence-corrected chi connectivity index (χ0v) is 29.3. The Morgan fingerprint density at radius 2 is 1.23 bits per heavy atom. The van der Waals surface area contributed by atoms with Crippen LogP contribution in [-0.2, 0) is 41.4 Å². The largest absolute Gasteiger partial charge is 0.497 e. The molecule has 48 heavy (non-hydrogen) atoms. The molecule has 0 amide bonds. The predicted molar refractivity (Wildman–Crippen MR) is 187 cm³/mol. The van der Waals surface area contributed by atoms with Crippen LogP contribution in [0, 0.1) is 0 Å². The lowest BCUT2D eigenvalue weighted by Gasteiger charge is -2.47. The molecule has 8 nitrogen and oxygen atoms in total. The molecule has 0 aromatic heterocycles. The molecule has 0 aliphatic carbocycles. The Bertz CT molecular complexity index is 1520. The number of aliphatic hydroxyl groups excluding tert-OH is 1. The quantitative estimate of drug-likeness (QED) is 0.150. The van der Waals surface area contributed by atoms with Crippen molar-refractivity contribution in [2.75, 3.05) is 13.7 Å². The van der Waals surface area contributed by atoms with Gasteiger partial charge in [0.2, 0.25) is 0 Å². The first-order valence-corrected chi connectivity index (χ1v) is 18.2. The van der Waals surface area contributed by atoms with E-state index in [1.54, 1.807) is 7.11 Å². The first-order chi connectivity index (χ1) is 23.1. The standard InChI is InChI=1S/C39H46O8Si/c1-28(40)46-35-34(27-45-48(39(2,3)4,32-17-11-7-12-18-32)33-19-13-8-14-20-33)47-38(41)37(36(35)43-25-29-15-9-6-10-16-29)44-26-30-21-23-31(42-5)24-22-30/h6-24,34-38,41H,25-27H2,1-5H3/t34-,35-,36+,37-,38?/m0/s1. The van der Waals surface area contributed by atoms with Gasteiger partial charge in [-0.05, 0) is 38.7 Å². The normalized spacial score (nSPS) is 21.4. The molecule has 5 rings (SSSR count). The van der Waals surface area contributed by atoms with Crippen molar-refractivity contribution in [3.05, 3.63) is 126 Å². The third-order valence-electron chi connectivity index (χ3n) is 8.68. The van der Waals surface area contributed by atoms with Crippen molar-refractivity contribution in [3.8, 4) is 5.75 Å². The van der Waals surface area contributed by atoms with Gasteiger partial charge in [-0.15, -0.1) is 0 Å². The van der Waals surface area contributed by atoms with E-state index >= 15 is 0 Å². The van der Waals surface area contributed by atoms with Crippen LogP contribution in [0.5, 0.6) is 5.75 Å². The number of carbonyl (C=O) groups is 1. The number of methoxy groups -OCH3 is 1. The summed E-state index contributed by atoms with van der Waals surface area (Å²) in [7, 11) is -1.38. The fraction of sp³-hybridized carbons (Fsp3) is 0.359. The summed E-state index contributed by atoms with van der Waals surface area (Å²) >= 11 is 0. The Morgan fingerprint density at radius 1 is 0.729 bits per heavy atom. The number of rotatable bonds is 13. The van der Waals surface area contributed by atoms with Crippen LogP contribution in [0.3, 0.4) is 0 Å². The van der Waals surface area contributed by atoms with Crippen molar-refractivity contribution in [1.29, 1.82) is 0 Å². The minimum Gasteiger partial charge on any atom is -0.497 e. The maximum absolute atomic E-state index is 12.6. The predicted octanol–water partition coefficient (Wildman–Crippen LogP) is 5.39. The first-order valence-electron chi connectivity index (χ1n) is 16.3. The van der Waals surface area contributed by atoms with Crippen LogP contribution in [0.2, 0.25) is 5.04 Å².